The van der Waals surface area contributed by atoms with Gasteiger partial charge in [-0.25, -0.2) is 4.39 Å². The summed E-state index contributed by atoms with van der Waals surface area (Å²) in [5.41, 5.74) is 2.08. The summed E-state index contributed by atoms with van der Waals surface area (Å²) in [5, 5.41) is 4.25. The Kier molecular flexibility index (Phi) is 3.64. The van der Waals surface area contributed by atoms with Gasteiger partial charge in [0.1, 0.15) is 12.4 Å². The fourth-order valence-electron chi connectivity index (χ4n) is 2.08. The molecule has 4 nitrogen and oxygen atoms in total. The zero-order valence-corrected chi connectivity index (χ0v) is 11.5. The highest BCUT2D eigenvalue weighted by atomic mass is 19.1. The van der Waals surface area contributed by atoms with Gasteiger partial charge in [-0.1, -0.05) is 30.3 Å². The molecule has 0 fully saturated rings. The minimum absolute atomic E-state index is 0.386. The molecule has 3 aromatic rings. The van der Waals surface area contributed by atoms with E-state index in [0.29, 0.717) is 23.6 Å². The zero-order valence-electron chi connectivity index (χ0n) is 11.5. The minimum Gasteiger partial charge on any atom is -0.471 e. The first-order valence-corrected chi connectivity index (χ1v) is 6.54. The smallest absolute Gasteiger partial charge is 0.241 e. The van der Waals surface area contributed by atoms with Gasteiger partial charge in [0.05, 0.1) is 11.8 Å². The third-order valence-electron chi connectivity index (χ3n) is 3.08. The molecule has 0 aliphatic heterocycles. The highest BCUT2D eigenvalue weighted by molar-refractivity contribution is 5.68. The van der Waals surface area contributed by atoms with Crippen molar-refractivity contribution in [3.05, 3.63) is 66.4 Å². The Morgan fingerprint density at radius 1 is 1.14 bits per heavy atom. The number of aromatic nitrogens is 3. The topological polar surface area (TPSA) is 39.9 Å². The Hall–Kier alpha value is -2.69. The Balaban J connectivity index is 1.88. The number of benzene rings is 1. The minimum atomic E-state index is -0.393. The van der Waals surface area contributed by atoms with Gasteiger partial charge in [0, 0.05) is 25.0 Å². The fourth-order valence-corrected chi connectivity index (χ4v) is 2.08. The van der Waals surface area contributed by atoms with Crippen LogP contribution in [0.2, 0.25) is 0 Å². The Morgan fingerprint density at radius 2 is 1.95 bits per heavy atom. The van der Waals surface area contributed by atoms with E-state index in [0.717, 1.165) is 5.56 Å². The molecule has 2 aromatic heterocycles. The molecule has 1 aromatic carbocycles. The van der Waals surface area contributed by atoms with Gasteiger partial charge < -0.3 is 4.74 Å². The summed E-state index contributed by atoms with van der Waals surface area (Å²) in [6.45, 7) is 0.386. The van der Waals surface area contributed by atoms with Crippen LogP contribution in [0.4, 0.5) is 4.39 Å². The van der Waals surface area contributed by atoms with E-state index in [1.165, 1.54) is 6.20 Å². The van der Waals surface area contributed by atoms with Crippen molar-refractivity contribution < 1.29 is 9.13 Å². The van der Waals surface area contributed by atoms with Crippen molar-refractivity contribution in [1.29, 1.82) is 0 Å². The maximum atomic E-state index is 13.9. The molecule has 0 aliphatic rings. The number of ether oxygens (including phenoxy) is 1. The van der Waals surface area contributed by atoms with Crippen LogP contribution in [0, 0.1) is 5.82 Å². The Morgan fingerprint density at radius 3 is 2.71 bits per heavy atom. The SMILES string of the molecule is Cn1cc(-c2ccncc2F)c(OCc2ccccc2)n1. The Bertz CT molecular complexity index is 740. The van der Waals surface area contributed by atoms with Crippen LogP contribution in [-0.4, -0.2) is 14.8 Å². The second-order valence-electron chi connectivity index (χ2n) is 4.65. The molecule has 106 valence electrons. The maximum Gasteiger partial charge on any atom is 0.241 e. The van der Waals surface area contributed by atoms with Crippen molar-refractivity contribution in [3.8, 4) is 17.0 Å². The summed E-state index contributed by atoms with van der Waals surface area (Å²) >= 11 is 0. The summed E-state index contributed by atoms with van der Waals surface area (Å²) < 4.78 is 21.2. The third kappa shape index (κ3) is 2.91. The highest BCUT2D eigenvalue weighted by Crippen LogP contribution is 2.30. The van der Waals surface area contributed by atoms with Crippen molar-refractivity contribution in [2.45, 2.75) is 6.61 Å². The average molecular weight is 283 g/mol. The molecule has 21 heavy (non-hydrogen) atoms. The quantitative estimate of drug-likeness (QED) is 0.738. The molecule has 5 heteroatoms. The summed E-state index contributed by atoms with van der Waals surface area (Å²) in [6.07, 6.45) is 4.47. The van der Waals surface area contributed by atoms with Crippen LogP contribution >= 0.6 is 0 Å². The number of hydrogen-bond acceptors (Lipinski definition) is 3. The van der Waals surface area contributed by atoms with Crippen molar-refractivity contribution >= 4 is 0 Å². The van der Waals surface area contributed by atoms with E-state index >= 15 is 0 Å². The molecule has 3 rings (SSSR count). The van der Waals surface area contributed by atoms with Crippen LogP contribution in [0.5, 0.6) is 5.88 Å². The van der Waals surface area contributed by atoms with Crippen LogP contribution < -0.4 is 4.74 Å². The summed E-state index contributed by atoms with van der Waals surface area (Å²) in [5.74, 6) is 0.0153. The average Bonchev–Trinajstić information content (AvgIpc) is 2.87. The van der Waals surface area contributed by atoms with E-state index < -0.39 is 5.82 Å². The number of aryl methyl sites for hydroxylation is 1. The lowest BCUT2D eigenvalue weighted by molar-refractivity contribution is 0.292. The standard InChI is InChI=1S/C16H14FN3O/c1-20-10-14(13-7-8-18-9-15(13)17)16(19-20)21-11-12-5-3-2-4-6-12/h2-10H,11H2,1H3. The van der Waals surface area contributed by atoms with E-state index in [9.17, 15) is 4.39 Å². The fraction of sp³-hybridized carbons (Fsp3) is 0.125. The molecule has 0 spiro atoms. The van der Waals surface area contributed by atoms with E-state index in [1.807, 2.05) is 30.3 Å². The number of pyridine rings is 1. The molecule has 0 N–H and O–H groups in total. The van der Waals surface area contributed by atoms with Crippen molar-refractivity contribution in [1.82, 2.24) is 14.8 Å². The molecular formula is C16H14FN3O. The lowest BCUT2D eigenvalue weighted by Crippen LogP contribution is -1.98. The van der Waals surface area contributed by atoms with Gasteiger partial charge in [-0.3, -0.25) is 9.67 Å². The van der Waals surface area contributed by atoms with Gasteiger partial charge in [0.25, 0.3) is 0 Å². The van der Waals surface area contributed by atoms with Crippen LogP contribution in [0.25, 0.3) is 11.1 Å². The van der Waals surface area contributed by atoms with E-state index in [1.54, 1.807) is 30.2 Å². The van der Waals surface area contributed by atoms with Crippen molar-refractivity contribution in [3.63, 3.8) is 0 Å². The number of rotatable bonds is 4. The van der Waals surface area contributed by atoms with Crippen LogP contribution in [0.3, 0.4) is 0 Å². The van der Waals surface area contributed by atoms with Crippen molar-refractivity contribution in [2.24, 2.45) is 7.05 Å². The van der Waals surface area contributed by atoms with Gasteiger partial charge >= 0.3 is 0 Å². The number of halogens is 1. The first-order valence-electron chi connectivity index (χ1n) is 6.54. The van der Waals surface area contributed by atoms with Gasteiger partial charge in [-0.2, -0.15) is 0 Å². The predicted molar refractivity (Wildman–Crippen MR) is 77.2 cm³/mol. The first-order chi connectivity index (χ1) is 10.2. The predicted octanol–water partition coefficient (Wildman–Crippen LogP) is 3.20. The molecule has 0 amide bonds. The van der Waals surface area contributed by atoms with E-state index in [4.69, 9.17) is 4.74 Å². The van der Waals surface area contributed by atoms with E-state index in [-0.39, 0.29) is 0 Å². The van der Waals surface area contributed by atoms with Gasteiger partial charge in [-0.15, -0.1) is 5.10 Å². The number of nitrogens with zero attached hydrogens (tertiary/aromatic N) is 3. The highest BCUT2D eigenvalue weighted by Gasteiger charge is 2.15. The molecule has 2 heterocycles. The summed E-state index contributed by atoms with van der Waals surface area (Å²) in [7, 11) is 1.78. The molecule has 0 aliphatic carbocycles. The first kappa shape index (κ1) is 13.3. The molecular weight excluding hydrogens is 269 g/mol. The lowest BCUT2D eigenvalue weighted by Gasteiger charge is -2.06. The monoisotopic (exact) mass is 283 g/mol. The summed E-state index contributed by atoms with van der Waals surface area (Å²) in [6, 6.07) is 11.4. The van der Waals surface area contributed by atoms with Gasteiger partial charge in [0.2, 0.25) is 5.88 Å². The van der Waals surface area contributed by atoms with Crippen LogP contribution in [0.15, 0.2) is 55.0 Å². The third-order valence-corrected chi connectivity index (χ3v) is 3.08. The number of hydrogen-bond donors (Lipinski definition) is 0. The molecule has 0 saturated heterocycles. The van der Waals surface area contributed by atoms with Crippen molar-refractivity contribution in [2.75, 3.05) is 0 Å². The normalized spacial score (nSPS) is 10.6. The molecule has 0 atom stereocenters. The summed E-state index contributed by atoms with van der Waals surface area (Å²) in [4.78, 5) is 3.76. The molecule has 0 saturated carbocycles. The second kappa shape index (κ2) is 5.75. The second-order valence-corrected chi connectivity index (χ2v) is 4.65. The van der Waals surface area contributed by atoms with Crippen LogP contribution in [-0.2, 0) is 13.7 Å². The van der Waals surface area contributed by atoms with E-state index in [2.05, 4.69) is 10.1 Å². The Labute approximate surface area is 121 Å². The van der Waals surface area contributed by atoms with Gasteiger partial charge in [0.15, 0.2) is 0 Å². The van der Waals surface area contributed by atoms with Crippen LogP contribution in [0.1, 0.15) is 5.56 Å². The molecule has 0 bridgehead atoms. The lowest BCUT2D eigenvalue weighted by atomic mass is 10.1. The van der Waals surface area contributed by atoms with Gasteiger partial charge in [-0.05, 0) is 11.6 Å². The molecule has 0 radical (unpaired) electrons. The maximum absolute atomic E-state index is 13.9. The zero-order chi connectivity index (χ0) is 14.7. The molecule has 0 unspecified atom stereocenters. The largest absolute Gasteiger partial charge is 0.471 e.